The maximum Gasteiger partial charge on any atom is 0.315 e. The number of para-hydroxylation sites is 1. The Hall–Kier alpha value is -1.75. The molecule has 0 aliphatic carbocycles. The lowest BCUT2D eigenvalue weighted by atomic mass is 10.2. The predicted octanol–water partition coefficient (Wildman–Crippen LogP) is 0.572. The van der Waals surface area contributed by atoms with E-state index in [-0.39, 0.29) is 24.9 Å². The molecule has 1 aromatic carbocycles. The maximum absolute atomic E-state index is 11.2. The molecule has 0 aromatic heterocycles. The van der Waals surface area contributed by atoms with Gasteiger partial charge in [0.15, 0.2) is 0 Å². The second kappa shape index (κ2) is 5.97. The highest BCUT2D eigenvalue weighted by Gasteiger charge is 2.04. The number of phenols is 1. The second-order valence-electron chi connectivity index (χ2n) is 3.54. The molecule has 4 N–H and O–H groups in total. The van der Waals surface area contributed by atoms with Crippen LogP contribution in [-0.4, -0.2) is 28.9 Å². The van der Waals surface area contributed by atoms with Crippen molar-refractivity contribution < 1.29 is 15.0 Å². The number of carbonyl (C=O) groups excluding carboxylic acids is 1. The van der Waals surface area contributed by atoms with Gasteiger partial charge in [-0.25, -0.2) is 4.79 Å². The number of phenolic OH excluding ortho intramolecular Hbond substituents is 1. The lowest BCUT2D eigenvalue weighted by Gasteiger charge is -2.09. The van der Waals surface area contributed by atoms with Gasteiger partial charge in [0, 0.05) is 18.7 Å². The molecule has 0 heterocycles. The highest BCUT2D eigenvalue weighted by molar-refractivity contribution is 5.73. The van der Waals surface area contributed by atoms with Crippen molar-refractivity contribution in [2.24, 2.45) is 0 Å². The highest BCUT2D eigenvalue weighted by Crippen LogP contribution is 2.14. The molecule has 2 amide bonds. The molecule has 0 radical (unpaired) electrons. The Balaban J connectivity index is 2.35. The summed E-state index contributed by atoms with van der Waals surface area (Å²) in [5, 5.41) is 23.4. The molecule has 0 bridgehead atoms. The van der Waals surface area contributed by atoms with Gasteiger partial charge in [0.05, 0.1) is 6.10 Å². The predicted molar refractivity (Wildman–Crippen MR) is 60.0 cm³/mol. The minimum absolute atomic E-state index is 0.151. The third-order valence-corrected chi connectivity index (χ3v) is 1.99. The minimum Gasteiger partial charge on any atom is -0.508 e. The quantitative estimate of drug-likeness (QED) is 0.603. The zero-order valence-corrected chi connectivity index (χ0v) is 9.10. The first kappa shape index (κ1) is 12.3. The average molecular weight is 224 g/mol. The fraction of sp³-hybridized carbons (Fsp3) is 0.364. The van der Waals surface area contributed by atoms with Gasteiger partial charge in [-0.05, 0) is 13.0 Å². The Morgan fingerprint density at radius 1 is 1.38 bits per heavy atom. The third kappa shape index (κ3) is 4.18. The van der Waals surface area contributed by atoms with Gasteiger partial charge in [-0.3, -0.25) is 0 Å². The molecule has 0 fully saturated rings. The molecule has 0 saturated carbocycles. The summed E-state index contributed by atoms with van der Waals surface area (Å²) >= 11 is 0. The van der Waals surface area contributed by atoms with E-state index in [1.54, 1.807) is 31.2 Å². The van der Waals surface area contributed by atoms with Crippen LogP contribution in [0.5, 0.6) is 5.75 Å². The number of hydrogen-bond donors (Lipinski definition) is 4. The van der Waals surface area contributed by atoms with Crippen molar-refractivity contribution in [3.8, 4) is 5.75 Å². The Morgan fingerprint density at radius 2 is 2.06 bits per heavy atom. The standard InChI is InChI=1S/C11H16N2O3/c1-8(14)6-12-11(16)13-7-9-4-2-3-5-10(9)15/h2-5,8,14-15H,6-7H2,1H3,(H2,12,13,16). The van der Waals surface area contributed by atoms with Crippen LogP contribution in [0.4, 0.5) is 4.79 Å². The molecule has 0 saturated heterocycles. The van der Waals surface area contributed by atoms with Crippen LogP contribution < -0.4 is 10.6 Å². The van der Waals surface area contributed by atoms with Crippen molar-refractivity contribution in [1.29, 1.82) is 0 Å². The number of aliphatic hydroxyl groups is 1. The van der Waals surface area contributed by atoms with Crippen LogP contribution in [-0.2, 0) is 6.54 Å². The zero-order chi connectivity index (χ0) is 12.0. The summed E-state index contributed by atoms with van der Waals surface area (Å²) in [4.78, 5) is 11.2. The van der Waals surface area contributed by atoms with Crippen LogP contribution >= 0.6 is 0 Å². The number of nitrogens with one attached hydrogen (secondary N) is 2. The molecule has 5 heteroatoms. The summed E-state index contributed by atoms with van der Waals surface area (Å²) in [5.41, 5.74) is 0.648. The molecule has 1 unspecified atom stereocenters. The first-order valence-electron chi connectivity index (χ1n) is 5.06. The van der Waals surface area contributed by atoms with E-state index in [0.717, 1.165) is 0 Å². The fourth-order valence-corrected chi connectivity index (χ4v) is 1.14. The van der Waals surface area contributed by atoms with Crippen LogP contribution in [0.2, 0.25) is 0 Å². The van der Waals surface area contributed by atoms with Crippen molar-refractivity contribution in [1.82, 2.24) is 10.6 Å². The molecule has 1 rings (SSSR count). The van der Waals surface area contributed by atoms with Gasteiger partial charge in [0.25, 0.3) is 0 Å². The number of rotatable bonds is 4. The molecule has 1 aromatic rings. The lowest BCUT2D eigenvalue weighted by Crippen LogP contribution is -2.38. The average Bonchev–Trinajstić information content (AvgIpc) is 2.25. The Morgan fingerprint density at radius 3 is 2.69 bits per heavy atom. The van der Waals surface area contributed by atoms with Crippen LogP contribution in [0, 0.1) is 0 Å². The van der Waals surface area contributed by atoms with E-state index in [1.807, 2.05) is 0 Å². The van der Waals surface area contributed by atoms with Crippen LogP contribution in [0.3, 0.4) is 0 Å². The first-order valence-corrected chi connectivity index (χ1v) is 5.06. The van der Waals surface area contributed by atoms with Crippen LogP contribution in [0.25, 0.3) is 0 Å². The van der Waals surface area contributed by atoms with Gasteiger partial charge in [-0.2, -0.15) is 0 Å². The smallest absolute Gasteiger partial charge is 0.315 e. The van der Waals surface area contributed by atoms with Gasteiger partial charge in [-0.1, -0.05) is 18.2 Å². The Kier molecular flexibility index (Phi) is 4.60. The molecular formula is C11H16N2O3. The zero-order valence-electron chi connectivity index (χ0n) is 9.10. The second-order valence-corrected chi connectivity index (χ2v) is 3.54. The fourth-order valence-electron chi connectivity index (χ4n) is 1.14. The normalized spacial score (nSPS) is 11.9. The number of carbonyl (C=O) groups is 1. The van der Waals surface area contributed by atoms with Crippen molar-refractivity contribution in [2.75, 3.05) is 6.54 Å². The largest absolute Gasteiger partial charge is 0.508 e. The number of amides is 2. The monoisotopic (exact) mass is 224 g/mol. The Labute approximate surface area is 94.1 Å². The topological polar surface area (TPSA) is 81.6 Å². The highest BCUT2D eigenvalue weighted by atomic mass is 16.3. The summed E-state index contributed by atoms with van der Waals surface area (Å²) in [6.07, 6.45) is -0.573. The van der Waals surface area contributed by atoms with Gasteiger partial charge in [0.2, 0.25) is 0 Å². The van der Waals surface area contributed by atoms with Crippen molar-refractivity contribution in [3.05, 3.63) is 29.8 Å². The van der Waals surface area contributed by atoms with E-state index in [1.165, 1.54) is 0 Å². The Bertz CT molecular complexity index is 353. The van der Waals surface area contributed by atoms with E-state index in [2.05, 4.69) is 10.6 Å². The molecule has 0 aliphatic rings. The summed E-state index contributed by atoms with van der Waals surface area (Å²) in [6.45, 7) is 2.04. The maximum atomic E-state index is 11.2. The summed E-state index contributed by atoms with van der Waals surface area (Å²) in [5.74, 6) is 0.151. The van der Waals surface area contributed by atoms with Crippen LogP contribution in [0.1, 0.15) is 12.5 Å². The lowest BCUT2D eigenvalue weighted by molar-refractivity contribution is 0.187. The summed E-state index contributed by atoms with van der Waals surface area (Å²) < 4.78 is 0. The van der Waals surface area contributed by atoms with Gasteiger partial charge in [0.1, 0.15) is 5.75 Å². The first-order chi connectivity index (χ1) is 7.59. The SMILES string of the molecule is CC(O)CNC(=O)NCc1ccccc1O. The minimum atomic E-state index is -0.573. The molecule has 0 aliphatic heterocycles. The molecule has 5 nitrogen and oxygen atoms in total. The molecule has 16 heavy (non-hydrogen) atoms. The van der Waals surface area contributed by atoms with Gasteiger partial charge >= 0.3 is 6.03 Å². The van der Waals surface area contributed by atoms with E-state index >= 15 is 0 Å². The third-order valence-electron chi connectivity index (χ3n) is 1.99. The van der Waals surface area contributed by atoms with Crippen LogP contribution in [0.15, 0.2) is 24.3 Å². The van der Waals surface area contributed by atoms with E-state index < -0.39 is 6.10 Å². The van der Waals surface area contributed by atoms with Crippen molar-refractivity contribution >= 4 is 6.03 Å². The molecule has 88 valence electrons. The van der Waals surface area contributed by atoms with Crippen molar-refractivity contribution in [2.45, 2.75) is 19.6 Å². The van der Waals surface area contributed by atoms with Crippen molar-refractivity contribution in [3.63, 3.8) is 0 Å². The molecule has 1 atom stereocenters. The molecular weight excluding hydrogens is 208 g/mol. The number of urea groups is 1. The molecule has 0 spiro atoms. The van der Waals surface area contributed by atoms with E-state index in [9.17, 15) is 9.90 Å². The number of aliphatic hydroxyl groups excluding tert-OH is 1. The number of benzene rings is 1. The number of hydrogen-bond acceptors (Lipinski definition) is 3. The summed E-state index contributed by atoms with van der Waals surface area (Å²) in [7, 11) is 0. The summed E-state index contributed by atoms with van der Waals surface area (Å²) in [6, 6.07) is 6.41. The van der Waals surface area contributed by atoms with Gasteiger partial charge in [-0.15, -0.1) is 0 Å². The number of aromatic hydroxyl groups is 1. The van der Waals surface area contributed by atoms with Gasteiger partial charge < -0.3 is 20.8 Å². The van der Waals surface area contributed by atoms with E-state index in [4.69, 9.17) is 5.11 Å². The van der Waals surface area contributed by atoms with E-state index in [0.29, 0.717) is 5.56 Å².